The van der Waals surface area contributed by atoms with E-state index in [9.17, 15) is 14.4 Å². The van der Waals surface area contributed by atoms with Gasteiger partial charge in [-0.1, -0.05) is 20.4 Å². The van der Waals surface area contributed by atoms with Crippen LogP contribution in [0.15, 0.2) is 12.2 Å². The van der Waals surface area contributed by atoms with Gasteiger partial charge in [0.15, 0.2) is 0 Å². The molecule has 198 valence electrons. The highest BCUT2D eigenvalue weighted by atomic mass is 16.6. The zero-order valence-corrected chi connectivity index (χ0v) is 21.7. The van der Waals surface area contributed by atoms with Gasteiger partial charge in [0.25, 0.3) is 0 Å². The number of hydrogen-bond donors (Lipinski definition) is 2. The van der Waals surface area contributed by atoms with E-state index in [1.54, 1.807) is 6.92 Å². The number of primary amides is 1. The molecule has 3 rings (SSSR count). The summed E-state index contributed by atoms with van der Waals surface area (Å²) in [6.07, 6.45) is 8.15. The first-order valence-corrected chi connectivity index (χ1v) is 13.2. The number of fused-ring (bicyclic) bond motifs is 5. The number of alkyl carbamates (subject to hydrolysis) is 1. The lowest BCUT2D eigenvalue weighted by Gasteiger charge is -2.41. The summed E-state index contributed by atoms with van der Waals surface area (Å²) in [7, 11) is 0. The highest BCUT2D eigenvalue weighted by molar-refractivity contribution is 5.86. The Morgan fingerprint density at radius 3 is 2.31 bits per heavy atom. The maximum atomic E-state index is 12.2. The second kappa shape index (κ2) is 11.7. The van der Waals surface area contributed by atoms with Crippen molar-refractivity contribution in [3.63, 3.8) is 0 Å². The average Bonchev–Trinajstić information content (AvgIpc) is 3.05. The molecule has 0 saturated heterocycles. The summed E-state index contributed by atoms with van der Waals surface area (Å²) in [5, 5.41) is 2.84. The maximum Gasteiger partial charge on any atom is 0.407 e. The Labute approximate surface area is 209 Å². The Morgan fingerprint density at radius 1 is 0.943 bits per heavy atom. The Hall–Kier alpha value is -2.25. The van der Waals surface area contributed by atoms with E-state index >= 15 is 0 Å². The number of rotatable bonds is 11. The van der Waals surface area contributed by atoms with Gasteiger partial charge in [-0.25, -0.2) is 14.4 Å². The van der Waals surface area contributed by atoms with Crippen molar-refractivity contribution >= 4 is 18.2 Å². The third-order valence-corrected chi connectivity index (χ3v) is 8.47. The van der Waals surface area contributed by atoms with Crippen molar-refractivity contribution in [3.8, 4) is 0 Å². The molecule has 0 aliphatic heterocycles. The van der Waals surface area contributed by atoms with Crippen molar-refractivity contribution in [1.29, 1.82) is 0 Å². The topological polar surface area (TPSA) is 117 Å². The van der Waals surface area contributed by atoms with Crippen molar-refractivity contribution in [2.24, 2.45) is 40.2 Å². The van der Waals surface area contributed by atoms with Crippen molar-refractivity contribution in [3.05, 3.63) is 12.2 Å². The van der Waals surface area contributed by atoms with Crippen LogP contribution in [0.25, 0.3) is 0 Å². The molecule has 8 heteroatoms. The zero-order chi connectivity index (χ0) is 25.6. The molecule has 2 bridgehead atoms. The predicted molar refractivity (Wildman–Crippen MR) is 132 cm³/mol. The lowest BCUT2D eigenvalue weighted by Crippen LogP contribution is -2.38. The molecular formula is C27H44N2O6. The van der Waals surface area contributed by atoms with E-state index in [4.69, 9.17) is 19.9 Å². The number of carbonyl (C=O) groups is 3. The van der Waals surface area contributed by atoms with E-state index in [0.29, 0.717) is 49.7 Å². The number of esters is 1. The Kier molecular flexibility index (Phi) is 9.11. The first-order chi connectivity index (χ1) is 16.5. The second-order valence-corrected chi connectivity index (χ2v) is 11.9. The fourth-order valence-electron chi connectivity index (χ4n) is 6.88. The molecule has 0 heterocycles. The van der Waals surface area contributed by atoms with E-state index in [2.05, 4.69) is 25.7 Å². The van der Waals surface area contributed by atoms with Gasteiger partial charge in [-0.05, 0) is 88.4 Å². The molecule has 35 heavy (non-hydrogen) atoms. The van der Waals surface area contributed by atoms with Crippen molar-refractivity contribution in [2.75, 3.05) is 26.4 Å². The molecule has 0 aromatic carbocycles. The summed E-state index contributed by atoms with van der Waals surface area (Å²) in [5.74, 6) is 2.36. The minimum Gasteiger partial charge on any atom is -0.462 e. The highest BCUT2D eigenvalue weighted by Gasteiger charge is 2.55. The summed E-state index contributed by atoms with van der Waals surface area (Å²) in [6.45, 7) is 11.4. The van der Waals surface area contributed by atoms with Crippen molar-refractivity contribution < 1.29 is 28.6 Å². The van der Waals surface area contributed by atoms with Crippen LogP contribution in [0.1, 0.15) is 78.6 Å². The maximum absolute atomic E-state index is 12.2. The first kappa shape index (κ1) is 27.3. The lowest BCUT2D eigenvalue weighted by atomic mass is 9.65. The Morgan fingerprint density at radius 2 is 1.63 bits per heavy atom. The second-order valence-electron chi connectivity index (χ2n) is 11.9. The predicted octanol–water partition coefficient (Wildman–Crippen LogP) is 4.96. The Bertz CT molecular complexity index is 801. The molecular weight excluding hydrogens is 448 g/mol. The minimum absolute atomic E-state index is 0.00325. The van der Waals surface area contributed by atoms with Crippen LogP contribution in [0.5, 0.6) is 0 Å². The van der Waals surface area contributed by atoms with Gasteiger partial charge >= 0.3 is 18.2 Å². The molecule has 3 aliphatic rings. The largest absolute Gasteiger partial charge is 0.462 e. The quantitative estimate of drug-likeness (QED) is 0.182. The summed E-state index contributed by atoms with van der Waals surface area (Å²) >= 11 is 0. The van der Waals surface area contributed by atoms with E-state index in [1.807, 2.05) is 0 Å². The summed E-state index contributed by atoms with van der Waals surface area (Å²) in [6, 6.07) is 0. The Balaban J connectivity index is 1.35. The molecule has 3 saturated carbocycles. The van der Waals surface area contributed by atoms with Gasteiger partial charge in [0.05, 0.1) is 19.8 Å². The van der Waals surface area contributed by atoms with Gasteiger partial charge in [-0.3, -0.25) is 0 Å². The fourth-order valence-corrected chi connectivity index (χ4v) is 6.88. The number of hydrogen-bond acceptors (Lipinski definition) is 6. The van der Waals surface area contributed by atoms with Crippen molar-refractivity contribution in [1.82, 2.24) is 5.32 Å². The third kappa shape index (κ3) is 7.61. The fraction of sp³-hybridized carbons (Fsp3) is 0.815. The average molecular weight is 493 g/mol. The molecule has 6 atom stereocenters. The molecule has 0 radical (unpaired) electrons. The minimum atomic E-state index is -0.686. The van der Waals surface area contributed by atoms with E-state index < -0.39 is 6.09 Å². The van der Waals surface area contributed by atoms with Gasteiger partial charge in [-0.15, -0.1) is 0 Å². The zero-order valence-electron chi connectivity index (χ0n) is 21.7. The number of carbonyl (C=O) groups excluding carboxylic acids is 3. The first-order valence-electron chi connectivity index (χ1n) is 13.2. The van der Waals surface area contributed by atoms with E-state index in [-0.39, 0.29) is 22.9 Å². The third-order valence-electron chi connectivity index (χ3n) is 8.47. The van der Waals surface area contributed by atoms with Gasteiger partial charge in [0.2, 0.25) is 0 Å². The van der Waals surface area contributed by atoms with Crippen LogP contribution in [0.2, 0.25) is 0 Å². The van der Waals surface area contributed by atoms with Crippen LogP contribution < -0.4 is 11.1 Å². The standard InChI is InChI=1S/C27H44N2O6/c1-18(2)23(30)33-11-7-5-6-10-29-25(32)35-16-26(3)9-8-21-19-12-20(22(21)15-26)14-27(4,13-19)17-34-24(28)31/h19-22H,1,5-17H2,2-4H3,(H2,28,31)(H,29,32). The molecule has 0 spiro atoms. The van der Waals surface area contributed by atoms with Crippen LogP contribution in [0.4, 0.5) is 9.59 Å². The van der Waals surface area contributed by atoms with Crippen LogP contribution in [-0.4, -0.2) is 44.5 Å². The summed E-state index contributed by atoms with van der Waals surface area (Å²) in [5.41, 5.74) is 5.63. The number of ether oxygens (including phenoxy) is 3. The molecule has 8 nitrogen and oxygen atoms in total. The van der Waals surface area contributed by atoms with Gasteiger partial charge in [0.1, 0.15) is 0 Å². The number of nitrogens with two attached hydrogens (primary N) is 1. The highest BCUT2D eigenvalue weighted by Crippen LogP contribution is 2.62. The van der Waals surface area contributed by atoms with Gasteiger partial charge < -0.3 is 25.3 Å². The molecule has 2 amide bonds. The molecule has 3 N–H and O–H groups in total. The number of amides is 2. The van der Waals surface area contributed by atoms with Crippen LogP contribution in [0, 0.1) is 34.5 Å². The van der Waals surface area contributed by atoms with Gasteiger partial charge in [0, 0.05) is 22.9 Å². The molecule has 0 aromatic heterocycles. The molecule has 6 unspecified atom stereocenters. The normalized spacial score (nSPS) is 33.3. The van der Waals surface area contributed by atoms with Crippen LogP contribution in [0.3, 0.4) is 0 Å². The summed E-state index contributed by atoms with van der Waals surface area (Å²) < 4.78 is 15.9. The monoisotopic (exact) mass is 492 g/mol. The SMILES string of the molecule is C=C(C)C(=O)OCCCCCNC(=O)OCC1(C)CCC2C3CC(CC(C)(COC(N)=O)C3)C2C1. The lowest BCUT2D eigenvalue weighted by molar-refractivity contribution is -0.139. The summed E-state index contributed by atoms with van der Waals surface area (Å²) in [4.78, 5) is 34.7. The molecule has 3 aliphatic carbocycles. The molecule has 3 fully saturated rings. The van der Waals surface area contributed by atoms with E-state index in [0.717, 1.165) is 50.9 Å². The van der Waals surface area contributed by atoms with E-state index in [1.165, 1.54) is 12.8 Å². The number of nitrogens with one attached hydrogen (secondary N) is 1. The van der Waals surface area contributed by atoms with Crippen molar-refractivity contribution in [2.45, 2.75) is 78.6 Å². The van der Waals surface area contributed by atoms with Crippen LogP contribution >= 0.6 is 0 Å². The number of unbranched alkanes of at least 4 members (excludes halogenated alkanes) is 2. The van der Waals surface area contributed by atoms with Crippen LogP contribution in [-0.2, 0) is 19.0 Å². The van der Waals surface area contributed by atoms with Gasteiger partial charge in [-0.2, -0.15) is 0 Å². The molecule has 0 aromatic rings. The smallest absolute Gasteiger partial charge is 0.407 e.